The third-order valence-corrected chi connectivity index (χ3v) is 6.37. The summed E-state index contributed by atoms with van der Waals surface area (Å²) in [6.45, 7) is 5.49. The standard InChI is InChI=1S/C23H19Cl3F3N5O/c1-10(2)35-20-13(11(3)22-33-21(26)15-8-31-9-17(30)34(15)22)6-14(24)19(25)18(20)12-4-5-16(32-7-12)23(27,28)29/h4-11H,30H2,1-3H3. The molecule has 0 aliphatic rings. The van der Waals surface area contributed by atoms with Gasteiger partial charge in [-0.15, -0.1) is 0 Å². The Kier molecular flexibility index (Phi) is 6.78. The number of pyridine rings is 1. The number of imidazole rings is 1. The summed E-state index contributed by atoms with van der Waals surface area (Å²) in [5.74, 6) is 0.684. The van der Waals surface area contributed by atoms with Crippen molar-refractivity contribution >= 4 is 46.1 Å². The molecule has 1 aromatic carbocycles. The van der Waals surface area contributed by atoms with Crippen molar-refractivity contribution in [1.29, 1.82) is 0 Å². The van der Waals surface area contributed by atoms with Crippen molar-refractivity contribution in [2.45, 2.75) is 39.0 Å². The van der Waals surface area contributed by atoms with Gasteiger partial charge in [-0.3, -0.25) is 14.4 Å². The lowest BCUT2D eigenvalue weighted by molar-refractivity contribution is -0.141. The van der Waals surface area contributed by atoms with E-state index in [4.69, 9.17) is 45.3 Å². The first-order chi connectivity index (χ1) is 16.4. The van der Waals surface area contributed by atoms with Gasteiger partial charge in [0.2, 0.25) is 0 Å². The molecule has 2 N–H and O–H groups in total. The zero-order chi connectivity index (χ0) is 25.7. The predicted octanol–water partition coefficient (Wildman–Crippen LogP) is 7.29. The van der Waals surface area contributed by atoms with Crippen LogP contribution in [0.25, 0.3) is 16.6 Å². The number of anilines is 1. The van der Waals surface area contributed by atoms with Crippen LogP contribution in [-0.4, -0.2) is 25.5 Å². The van der Waals surface area contributed by atoms with Crippen LogP contribution in [-0.2, 0) is 6.18 Å². The van der Waals surface area contributed by atoms with Gasteiger partial charge in [0, 0.05) is 28.8 Å². The second kappa shape index (κ2) is 9.37. The number of benzene rings is 1. The summed E-state index contributed by atoms with van der Waals surface area (Å²) in [5.41, 5.74) is 6.86. The van der Waals surface area contributed by atoms with Crippen LogP contribution in [0, 0.1) is 0 Å². The molecule has 12 heteroatoms. The highest BCUT2D eigenvalue weighted by Crippen LogP contribution is 2.47. The molecule has 0 saturated carbocycles. The van der Waals surface area contributed by atoms with E-state index < -0.39 is 17.8 Å². The summed E-state index contributed by atoms with van der Waals surface area (Å²) >= 11 is 19.4. The van der Waals surface area contributed by atoms with Crippen LogP contribution in [0.1, 0.15) is 43.8 Å². The monoisotopic (exact) mass is 543 g/mol. The molecule has 1 atom stereocenters. The van der Waals surface area contributed by atoms with Gasteiger partial charge in [0.05, 0.1) is 28.5 Å². The van der Waals surface area contributed by atoms with E-state index in [1.807, 2.05) is 20.8 Å². The van der Waals surface area contributed by atoms with E-state index in [-0.39, 0.29) is 21.3 Å². The number of alkyl halides is 3. The SMILES string of the molecule is CC(C)Oc1c(C(C)c2nc(Cl)c3cncc(N)n23)cc(Cl)c(Cl)c1-c1ccc(C(F)(F)F)nc1. The fourth-order valence-corrected chi connectivity index (χ4v) is 4.44. The van der Waals surface area contributed by atoms with Gasteiger partial charge in [0.1, 0.15) is 28.6 Å². The minimum absolute atomic E-state index is 0.120. The molecule has 184 valence electrons. The lowest BCUT2D eigenvalue weighted by atomic mass is 9.94. The Morgan fingerprint density at radius 3 is 2.37 bits per heavy atom. The summed E-state index contributed by atoms with van der Waals surface area (Å²) in [5, 5.41) is 0.515. The molecule has 1 unspecified atom stereocenters. The van der Waals surface area contributed by atoms with Gasteiger partial charge in [-0.1, -0.05) is 47.8 Å². The minimum Gasteiger partial charge on any atom is -0.490 e. The summed E-state index contributed by atoms with van der Waals surface area (Å²) < 4.78 is 47.0. The molecule has 0 aliphatic carbocycles. The van der Waals surface area contributed by atoms with Crippen molar-refractivity contribution in [2.75, 3.05) is 5.73 Å². The highest BCUT2D eigenvalue weighted by molar-refractivity contribution is 6.44. The fourth-order valence-electron chi connectivity index (χ4n) is 3.76. The lowest BCUT2D eigenvalue weighted by Gasteiger charge is -2.23. The van der Waals surface area contributed by atoms with Gasteiger partial charge in [0.15, 0.2) is 5.15 Å². The maximum Gasteiger partial charge on any atom is 0.433 e. The molecule has 0 fully saturated rings. The van der Waals surface area contributed by atoms with Gasteiger partial charge in [0.25, 0.3) is 0 Å². The quantitative estimate of drug-likeness (QED) is 0.285. The molecule has 0 bridgehead atoms. The van der Waals surface area contributed by atoms with Crippen molar-refractivity contribution in [3.8, 4) is 16.9 Å². The van der Waals surface area contributed by atoms with E-state index in [2.05, 4.69) is 15.0 Å². The smallest absolute Gasteiger partial charge is 0.433 e. The van der Waals surface area contributed by atoms with Gasteiger partial charge in [-0.2, -0.15) is 13.2 Å². The van der Waals surface area contributed by atoms with Gasteiger partial charge < -0.3 is 10.5 Å². The van der Waals surface area contributed by atoms with E-state index in [0.29, 0.717) is 39.6 Å². The van der Waals surface area contributed by atoms with Crippen molar-refractivity contribution in [2.24, 2.45) is 0 Å². The molecule has 6 nitrogen and oxygen atoms in total. The van der Waals surface area contributed by atoms with Crippen LogP contribution in [0.4, 0.5) is 19.0 Å². The number of fused-ring (bicyclic) bond motifs is 1. The number of aromatic nitrogens is 4. The van der Waals surface area contributed by atoms with Crippen molar-refractivity contribution in [3.63, 3.8) is 0 Å². The summed E-state index contributed by atoms with van der Waals surface area (Å²) in [6.07, 6.45) is -0.770. The Labute approximate surface area is 213 Å². The Balaban J connectivity index is 1.96. The normalized spacial score (nSPS) is 13.0. The van der Waals surface area contributed by atoms with Crippen LogP contribution in [0.5, 0.6) is 5.75 Å². The molecule has 0 aliphatic heterocycles. The molecule has 0 saturated heterocycles. The molecule has 4 rings (SSSR count). The van der Waals surface area contributed by atoms with E-state index in [0.717, 1.165) is 12.3 Å². The van der Waals surface area contributed by atoms with Crippen LogP contribution in [0.15, 0.2) is 36.8 Å². The Morgan fingerprint density at radius 2 is 1.77 bits per heavy atom. The Morgan fingerprint density at radius 1 is 1.06 bits per heavy atom. The maximum atomic E-state index is 13.1. The number of halogens is 6. The lowest BCUT2D eigenvalue weighted by Crippen LogP contribution is -2.13. The number of rotatable bonds is 5. The number of nitrogen functional groups attached to an aromatic ring is 1. The Hall–Kier alpha value is -2.75. The molecule has 3 aromatic heterocycles. The van der Waals surface area contributed by atoms with Crippen LogP contribution in [0.2, 0.25) is 15.2 Å². The van der Waals surface area contributed by atoms with E-state index in [9.17, 15) is 13.2 Å². The average molecular weight is 545 g/mol. The summed E-state index contributed by atoms with van der Waals surface area (Å²) in [4.78, 5) is 12.1. The number of ether oxygens (including phenoxy) is 1. The number of hydrogen-bond acceptors (Lipinski definition) is 5. The van der Waals surface area contributed by atoms with Crippen molar-refractivity contribution < 1.29 is 17.9 Å². The van der Waals surface area contributed by atoms with Gasteiger partial charge in [-0.05, 0) is 26.0 Å². The largest absolute Gasteiger partial charge is 0.490 e. The first kappa shape index (κ1) is 25.3. The average Bonchev–Trinajstić information content (AvgIpc) is 3.13. The van der Waals surface area contributed by atoms with E-state index in [1.54, 1.807) is 16.7 Å². The topological polar surface area (TPSA) is 78.3 Å². The number of nitrogens with two attached hydrogens (primary N) is 1. The fraction of sp³-hybridized carbons (Fsp3) is 0.261. The zero-order valence-corrected chi connectivity index (χ0v) is 20.9. The second-order valence-corrected chi connectivity index (χ2v) is 9.24. The van der Waals surface area contributed by atoms with E-state index >= 15 is 0 Å². The van der Waals surface area contributed by atoms with E-state index in [1.165, 1.54) is 12.3 Å². The van der Waals surface area contributed by atoms with Crippen molar-refractivity contribution in [1.82, 2.24) is 19.4 Å². The van der Waals surface area contributed by atoms with Crippen LogP contribution >= 0.6 is 34.8 Å². The molecule has 0 radical (unpaired) electrons. The first-order valence-corrected chi connectivity index (χ1v) is 11.5. The minimum atomic E-state index is -4.58. The highest BCUT2D eigenvalue weighted by Gasteiger charge is 2.33. The third kappa shape index (κ3) is 4.72. The molecule has 0 amide bonds. The molecule has 0 spiro atoms. The molecule has 3 heterocycles. The molecule has 35 heavy (non-hydrogen) atoms. The van der Waals surface area contributed by atoms with Crippen LogP contribution < -0.4 is 10.5 Å². The predicted molar refractivity (Wildman–Crippen MR) is 130 cm³/mol. The molecular formula is C23H19Cl3F3N5O. The zero-order valence-electron chi connectivity index (χ0n) is 18.7. The maximum absolute atomic E-state index is 13.1. The molecular weight excluding hydrogens is 526 g/mol. The Bertz CT molecular complexity index is 1400. The second-order valence-electron chi connectivity index (χ2n) is 8.10. The van der Waals surface area contributed by atoms with Gasteiger partial charge in [-0.25, -0.2) is 4.98 Å². The highest BCUT2D eigenvalue weighted by atomic mass is 35.5. The number of nitrogens with zero attached hydrogens (tertiary/aromatic N) is 4. The molecule has 4 aromatic rings. The van der Waals surface area contributed by atoms with Crippen molar-refractivity contribution in [3.05, 3.63) is 69.1 Å². The van der Waals surface area contributed by atoms with Gasteiger partial charge >= 0.3 is 6.18 Å². The number of hydrogen-bond donors (Lipinski definition) is 1. The first-order valence-electron chi connectivity index (χ1n) is 10.4. The van der Waals surface area contributed by atoms with Crippen LogP contribution in [0.3, 0.4) is 0 Å². The third-order valence-electron chi connectivity index (χ3n) is 5.31. The summed E-state index contributed by atoms with van der Waals surface area (Å²) in [7, 11) is 0. The summed E-state index contributed by atoms with van der Waals surface area (Å²) in [6, 6.07) is 3.80.